The van der Waals surface area contributed by atoms with Gasteiger partial charge in [0, 0.05) is 25.0 Å². The van der Waals surface area contributed by atoms with Crippen LogP contribution in [-0.2, 0) is 10.0 Å². The van der Waals surface area contributed by atoms with Crippen LogP contribution in [0.25, 0.3) is 11.0 Å². The lowest BCUT2D eigenvalue weighted by Gasteiger charge is -2.11. The van der Waals surface area contributed by atoms with Crippen LogP contribution in [-0.4, -0.2) is 37.5 Å². The van der Waals surface area contributed by atoms with E-state index in [0.29, 0.717) is 22.6 Å². The van der Waals surface area contributed by atoms with Crippen molar-refractivity contribution in [2.45, 2.75) is 23.8 Å². The van der Waals surface area contributed by atoms with E-state index in [1.54, 1.807) is 6.07 Å². The highest BCUT2D eigenvalue weighted by Crippen LogP contribution is 2.28. The minimum atomic E-state index is -3.60. The molecule has 3 rings (SSSR count). The fourth-order valence-corrected chi connectivity index (χ4v) is 3.99. The maximum atomic E-state index is 12.4. The molecule has 3 heterocycles. The van der Waals surface area contributed by atoms with Crippen molar-refractivity contribution >= 4 is 45.1 Å². The van der Waals surface area contributed by atoms with Gasteiger partial charge in [-0.25, -0.2) is 18.1 Å². The fourth-order valence-electron chi connectivity index (χ4n) is 2.42. The predicted octanol–water partition coefficient (Wildman–Crippen LogP) is 1.67. The minimum Gasteiger partial charge on any atom is -0.345 e. The fraction of sp³-hybridized carbons (Fsp3) is 0.417. The van der Waals surface area contributed by atoms with Crippen molar-refractivity contribution in [3.63, 3.8) is 0 Å². The number of rotatable bonds is 4. The Hall–Kier alpha value is -0.860. The zero-order valence-corrected chi connectivity index (χ0v) is 13.5. The molecule has 1 saturated heterocycles. The maximum Gasteiger partial charge on any atom is 0.242 e. The van der Waals surface area contributed by atoms with Crippen LogP contribution in [0.3, 0.4) is 0 Å². The third-order valence-corrected chi connectivity index (χ3v) is 5.22. The van der Waals surface area contributed by atoms with E-state index in [2.05, 4.69) is 20.0 Å². The Morgan fingerprint density at radius 1 is 1.48 bits per heavy atom. The molecule has 3 N–H and O–H groups in total. The van der Waals surface area contributed by atoms with Crippen molar-refractivity contribution in [1.29, 1.82) is 0 Å². The molecule has 0 amide bonds. The largest absolute Gasteiger partial charge is 0.345 e. The molecule has 1 atom stereocenters. The Morgan fingerprint density at radius 2 is 2.29 bits per heavy atom. The van der Waals surface area contributed by atoms with Crippen molar-refractivity contribution in [2.24, 2.45) is 0 Å². The number of nitrogens with zero attached hydrogens (tertiary/aromatic N) is 1. The second kappa shape index (κ2) is 6.50. The van der Waals surface area contributed by atoms with Crippen LogP contribution in [0, 0.1) is 0 Å². The van der Waals surface area contributed by atoms with Gasteiger partial charge in [-0.1, -0.05) is 11.6 Å². The third-order valence-electron chi connectivity index (χ3n) is 3.46. The van der Waals surface area contributed by atoms with E-state index in [0.717, 1.165) is 19.4 Å². The first-order chi connectivity index (χ1) is 9.58. The molecule has 2 aromatic heterocycles. The third kappa shape index (κ3) is 3.32. The van der Waals surface area contributed by atoms with E-state index < -0.39 is 10.0 Å². The second-order valence-corrected chi connectivity index (χ2v) is 6.96. The van der Waals surface area contributed by atoms with E-state index in [-0.39, 0.29) is 23.3 Å². The van der Waals surface area contributed by atoms with Crippen LogP contribution >= 0.6 is 24.0 Å². The topological polar surface area (TPSA) is 86.9 Å². The Labute approximate surface area is 134 Å². The van der Waals surface area contributed by atoms with Gasteiger partial charge in [0.2, 0.25) is 10.0 Å². The van der Waals surface area contributed by atoms with Crippen LogP contribution in [0.15, 0.2) is 23.4 Å². The number of nitrogens with one attached hydrogen (secondary N) is 3. The van der Waals surface area contributed by atoms with Crippen molar-refractivity contribution in [1.82, 2.24) is 20.0 Å². The highest BCUT2D eigenvalue weighted by atomic mass is 35.5. The second-order valence-electron chi connectivity index (χ2n) is 4.81. The summed E-state index contributed by atoms with van der Waals surface area (Å²) in [5.41, 5.74) is 0.469. The first-order valence-electron chi connectivity index (χ1n) is 6.42. The van der Waals surface area contributed by atoms with Gasteiger partial charge in [-0.2, -0.15) is 0 Å². The average Bonchev–Trinajstić information content (AvgIpc) is 3.06. The quantitative estimate of drug-likeness (QED) is 0.782. The summed E-state index contributed by atoms with van der Waals surface area (Å²) >= 11 is 6.07. The number of halogens is 2. The zero-order chi connectivity index (χ0) is 14.2. The molecule has 21 heavy (non-hydrogen) atoms. The molecule has 0 aromatic carbocycles. The first kappa shape index (κ1) is 16.5. The molecular formula is C12H16Cl2N4O2S. The van der Waals surface area contributed by atoms with Gasteiger partial charge in [-0.05, 0) is 25.5 Å². The summed E-state index contributed by atoms with van der Waals surface area (Å²) in [6, 6.07) is 1.78. The summed E-state index contributed by atoms with van der Waals surface area (Å²) in [6.07, 6.45) is 5.02. The smallest absolute Gasteiger partial charge is 0.242 e. The van der Waals surface area contributed by atoms with Crippen molar-refractivity contribution in [2.75, 3.05) is 13.1 Å². The summed E-state index contributed by atoms with van der Waals surface area (Å²) in [7, 11) is -3.60. The summed E-state index contributed by atoms with van der Waals surface area (Å²) in [5, 5.41) is 4.05. The number of aromatic nitrogens is 2. The standard InChI is InChI=1S/C12H15ClN4O2S.ClH/c13-9-3-5-15-12-11(9)10(7-16-12)20(18,19)17-6-8-2-1-4-14-8;/h3,5,7-8,14,17H,1-2,4,6H2,(H,15,16);1H. The SMILES string of the molecule is Cl.O=S(=O)(NCC1CCCN1)c1c[nH]c2nccc(Cl)c12. The van der Waals surface area contributed by atoms with Gasteiger partial charge in [0.25, 0.3) is 0 Å². The van der Waals surface area contributed by atoms with Gasteiger partial charge in [-0.15, -0.1) is 12.4 Å². The van der Waals surface area contributed by atoms with Crippen LogP contribution in [0.2, 0.25) is 5.02 Å². The van der Waals surface area contributed by atoms with Gasteiger partial charge in [0.05, 0.1) is 10.4 Å². The monoisotopic (exact) mass is 350 g/mol. The average molecular weight is 351 g/mol. The van der Waals surface area contributed by atoms with Crippen molar-refractivity contribution in [3.05, 3.63) is 23.5 Å². The van der Waals surface area contributed by atoms with Crippen LogP contribution < -0.4 is 10.0 Å². The lowest BCUT2D eigenvalue weighted by Crippen LogP contribution is -2.37. The molecule has 0 saturated carbocycles. The molecule has 6 nitrogen and oxygen atoms in total. The number of fused-ring (bicyclic) bond motifs is 1. The molecule has 116 valence electrons. The molecule has 1 aliphatic heterocycles. The maximum absolute atomic E-state index is 12.4. The highest BCUT2D eigenvalue weighted by molar-refractivity contribution is 7.89. The Bertz CT molecular complexity index is 726. The van der Waals surface area contributed by atoms with E-state index in [1.165, 1.54) is 12.4 Å². The Balaban J connectivity index is 0.00000161. The van der Waals surface area contributed by atoms with Crippen LogP contribution in [0.1, 0.15) is 12.8 Å². The summed E-state index contributed by atoms with van der Waals surface area (Å²) in [4.78, 5) is 7.04. The van der Waals surface area contributed by atoms with E-state index >= 15 is 0 Å². The first-order valence-corrected chi connectivity index (χ1v) is 8.29. The summed E-state index contributed by atoms with van der Waals surface area (Å²) in [5.74, 6) is 0. The van der Waals surface area contributed by atoms with Gasteiger partial charge in [0.1, 0.15) is 10.5 Å². The normalized spacial score (nSPS) is 18.8. The predicted molar refractivity (Wildman–Crippen MR) is 84.6 cm³/mol. The summed E-state index contributed by atoms with van der Waals surface area (Å²) in [6.45, 7) is 1.32. The van der Waals surface area contributed by atoms with Crippen LogP contribution in [0.4, 0.5) is 0 Å². The Morgan fingerprint density at radius 3 is 3.00 bits per heavy atom. The van der Waals surface area contributed by atoms with Crippen molar-refractivity contribution < 1.29 is 8.42 Å². The van der Waals surface area contributed by atoms with Crippen LogP contribution in [0.5, 0.6) is 0 Å². The van der Waals surface area contributed by atoms with Gasteiger partial charge in [0.15, 0.2) is 0 Å². The molecular weight excluding hydrogens is 335 g/mol. The molecule has 0 bridgehead atoms. The van der Waals surface area contributed by atoms with E-state index in [9.17, 15) is 8.42 Å². The minimum absolute atomic E-state index is 0. The molecule has 0 aliphatic carbocycles. The van der Waals surface area contributed by atoms with Gasteiger partial charge < -0.3 is 10.3 Å². The van der Waals surface area contributed by atoms with Gasteiger partial charge in [-0.3, -0.25) is 0 Å². The zero-order valence-electron chi connectivity index (χ0n) is 11.1. The number of sulfonamides is 1. The number of hydrogen-bond acceptors (Lipinski definition) is 4. The van der Waals surface area contributed by atoms with E-state index in [1.807, 2.05) is 0 Å². The number of aromatic amines is 1. The molecule has 1 aliphatic rings. The van der Waals surface area contributed by atoms with Crippen molar-refractivity contribution in [3.8, 4) is 0 Å². The molecule has 0 spiro atoms. The number of H-pyrrole nitrogens is 1. The molecule has 1 fully saturated rings. The van der Waals surface area contributed by atoms with Gasteiger partial charge >= 0.3 is 0 Å². The van der Waals surface area contributed by atoms with E-state index in [4.69, 9.17) is 11.6 Å². The molecule has 0 radical (unpaired) electrons. The molecule has 1 unspecified atom stereocenters. The highest BCUT2D eigenvalue weighted by Gasteiger charge is 2.23. The Kier molecular flexibility index (Phi) is 5.11. The summed E-state index contributed by atoms with van der Waals surface area (Å²) < 4.78 is 27.4. The number of hydrogen-bond donors (Lipinski definition) is 3. The lowest BCUT2D eigenvalue weighted by atomic mass is 10.2. The number of pyridine rings is 1. The lowest BCUT2D eigenvalue weighted by molar-refractivity contribution is 0.552. The molecule has 9 heteroatoms. The molecule has 2 aromatic rings.